The summed E-state index contributed by atoms with van der Waals surface area (Å²) in [4.78, 5) is 25.2. The van der Waals surface area contributed by atoms with E-state index in [1.165, 1.54) is 6.33 Å². The first kappa shape index (κ1) is 17.7. The molecule has 0 radical (unpaired) electrons. The second kappa shape index (κ2) is 7.87. The Labute approximate surface area is 162 Å². The molecule has 0 aliphatic heterocycles. The van der Waals surface area contributed by atoms with Gasteiger partial charge in [-0.05, 0) is 23.8 Å². The molecular formula is C21H20N6O. The smallest absolute Gasteiger partial charge is 0.251 e. The highest BCUT2D eigenvalue weighted by molar-refractivity contribution is 6.06. The normalized spacial score (nSPS) is 10.8. The van der Waals surface area contributed by atoms with Crippen molar-refractivity contribution in [1.82, 2.24) is 24.8 Å². The third kappa shape index (κ3) is 3.68. The molecule has 2 aromatic heterocycles. The number of fused-ring (bicyclic) bond motifs is 1. The van der Waals surface area contributed by atoms with Crippen LogP contribution in [0.1, 0.15) is 16.2 Å². The van der Waals surface area contributed by atoms with E-state index in [9.17, 15) is 4.79 Å². The van der Waals surface area contributed by atoms with Gasteiger partial charge < -0.3 is 10.6 Å². The van der Waals surface area contributed by atoms with E-state index in [1.54, 1.807) is 6.20 Å². The molecular weight excluding hydrogens is 352 g/mol. The van der Waals surface area contributed by atoms with Crippen molar-refractivity contribution < 1.29 is 4.79 Å². The third-order valence-electron chi connectivity index (χ3n) is 4.48. The van der Waals surface area contributed by atoms with Gasteiger partial charge >= 0.3 is 0 Å². The molecule has 4 rings (SSSR count). The topological polar surface area (TPSA) is 84.7 Å². The monoisotopic (exact) mass is 372 g/mol. The Kier molecular flexibility index (Phi) is 4.97. The number of hydrogen-bond donors (Lipinski definition) is 2. The maximum Gasteiger partial charge on any atom is 0.251 e. The van der Waals surface area contributed by atoms with Gasteiger partial charge in [-0.1, -0.05) is 36.4 Å². The Bertz CT molecular complexity index is 1120. The summed E-state index contributed by atoms with van der Waals surface area (Å²) >= 11 is 0. The quantitative estimate of drug-likeness (QED) is 0.508. The standard InChI is InChI=1S/C21H20N6O/c1-15-22-11-12-27(15)20-13-19(25-14-26-20)23-9-10-24-21(28)18-8-4-6-16-5-2-3-7-17(16)18/h2-8,11-14H,9-10H2,1H3,(H,24,28)(H,23,25,26). The SMILES string of the molecule is Cc1nccn1-c1cc(NCCNC(=O)c2cccc3ccccc23)ncn1. The highest BCUT2D eigenvalue weighted by atomic mass is 16.1. The third-order valence-corrected chi connectivity index (χ3v) is 4.48. The Balaban J connectivity index is 1.36. The van der Waals surface area contributed by atoms with Gasteiger partial charge in [0.05, 0.1) is 0 Å². The molecule has 2 heterocycles. The molecule has 0 fully saturated rings. The predicted molar refractivity (Wildman–Crippen MR) is 109 cm³/mol. The highest BCUT2D eigenvalue weighted by Gasteiger charge is 2.09. The summed E-state index contributed by atoms with van der Waals surface area (Å²) in [6, 6.07) is 15.5. The lowest BCUT2D eigenvalue weighted by atomic mass is 10.0. The van der Waals surface area contributed by atoms with Crippen molar-refractivity contribution in [2.75, 3.05) is 18.4 Å². The van der Waals surface area contributed by atoms with Gasteiger partial charge in [0, 0.05) is 37.1 Å². The average Bonchev–Trinajstić information content (AvgIpc) is 3.17. The molecule has 0 bridgehead atoms. The molecule has 0 saturated carbocycles. The van der Waals surface area contributed by atoms with Crippen LogP contribution in [-0.2, 0) is 0 Å². The van der Waals surface area contributed by atoms with E-state index in [2.05, 4.69) is 25.6 Å². The van der Waals surface area contributed by atoms with Crippen LogP contribution in [0.4, 0.5) is 5.82 Å². The van der Waals surface area contributed by atoms with Gasteiger partial charge in [-0.2, -0.15) is 0 Å². The zero-order valence-corrected chi connectivity index (χ0v) is 15.5. The Morgan fingerprint density at radius 3 is 2.75 bits per heavy atom. The van der Waals surface area contributed by atoms with Crippen LogP contribution >= 0.6 is 0 Å². The van der Waals surface area contributed by atoms with E-state index in [1.807, 2.05) is 66.2 Å². The van der Waals surface area contributed by atoms with Gasteiger partial charge in [-0.3, -0.25) is 9.36 Å². The number of amides is 1. The molecule has 0 unspecified atom stereocenters. The second-order valence-electron chi connectivity index (χ2n) is 6.32. The first-order chi connectivity index (χ1) is 13.7. The molecule has 28 heavy (non-hydrogen) atoms. The van der Waals surface area contributed by atoms with E-state index >= 15 is 0 Å². The number of aryl methyl sites for hydroxylation is 1. The summed E-state index contributed by atoms with van der Waals surface area (Å²) in [6.45, 7) is 2.94. The Morgan fingerprint density at radius 1 is 1.04 bits per heavy atom. The first-order valence-electron chi connectivity index (χ1n) is 9.04. The number of nitrogens with zero attached hydrogens (tertiary/aromatic N) is 4. The highest BCUT2D eigenvalue weighted by Crippen LogP contribution is 2.18. The van der Waals surface area contributed by atoms with Crippen molar-refractivity contribution in [1.29, 1.82) is 0 Å². The van der Waals surface area contributed by atoms with Crippen LogP contribution in [0.25, 0.3) is 16.6 Å². The molecule has 7 heteroatoms. The summed E-state index contributed by atoms with van der Waals surface area (Å²) in [7, 11) is 0. The van der Waals surface area contributed by atoms with Crippen molar-refractivity contribution in [3.63, 3.8) is 0 Å². The number of rotatable bonds is 6. The molecule has 2 aromatic carbocycles. The number of carbonyl (C=O) groups excluding carboxylic acids is 1. The Hall–Kier alpha value is -3.74. The van der Waals surface area contributed by atoms with E-state index in [-0.39, 0.29) is 5.91 Å². The predicted octanol–water partition coefficient (Wildman–Crippen LogP) is 2.97. The zero-order valence-electron chi connectivity index (χ0n) is 15.5. The van der Waals surface area contributed by atoms with Gasteiger partial charge in [0.2, 0.25) is 0 Å². The van der Waals surface area contributed by atoms with Gasteiger partial charge in [0.15, 0.2) is 0 Å². The summed E-state index contributed by atoms with van der Waals surface area (Å²) in [5, 5.41) is 8.17. The molecule has 0 aliphatic rings. The van der Waals surface area contributed by atoms with Gasteiger partial charge in [-0.15, -0.1) is 0 Å². The molecule has 0 atom stereocenters. The number of benzene rings is 2. The second-order valence-corrected chi connectivity index (χ2v) is 6.32. The fraction of sp³-hybridized carbons (Fsp3) is 0.143. The summed E-state index contributed by atoms with van der Waals surface area (Å²) in [5.74, 6) is 2.20. The largest absolute Gasteiger partial charge is 0.368 e. The minimum atomic E-state index is -0.0870. The maximum absolute atomic E-state index is 12.5. The van der Waals surface area contributed by atoms with Crippen LogP contribution in [0.2, 0.25) is 0 Å². The van der Waals surface area contributed by atoms with Crippen LogP contribution in [0, 0.1) is 6.92 Å². The molecule has 0 spiro atoms. The lowest BCUT2D eigenvalue weighted by molar-refractivity contribution is 0.0957. The minimum absolute atomic E-state index is 0.0870. The summed E-state index contributed by atoms with van der Waals surface area (Å²) in [5.41, 5.74) is 0.679. The van der Waals surface area contributed by atoms with Gasteiger partial charge in [0.1, 0.15) is 23.8 Å². The summed E-state index contributed by atoms with van der Waals surface area (Å²) in [6.07, 6.45) is 5.09. The number of carbonyl (C=O) groups is 1. The van der Waals surface area contributed by atoms with E-state index in [0.717, 1.165) is 22.4 Å². The maximum atomic E-state index is 12.5. The zero-order chi connectivity index (χ0) is 19.3. The number of imidazole rings is 1. The molecule has 140 valence electrons. The molecule has 0 saturated heterocycles. The summed E-state index contributed by atoms with van der Waals surface area (Å²) < 4.78 is 1.88. The molecule has 2 N–H and O–H groups in total. The number of aromatic nitrogens is 4. The van der Waals surface area contributed by atoms with Crippen molar-refractivity contribution in [2.45, 2.75) is 6.92 Å². The lowest BCUT2D eigenvalue weighted by Gasteiger charge is -2.10. The van der Waals surface area contributed by atoms with E-state index < -0.39 is 0 Å². The fourth-order valence-electron chi connectivity index (χ4n) is 3.08. The molecule has 1 amide bonds. The van der Waals surface area contributed by atoms with Crippen molar-refractivity contribution in [3.05, 3.63) is 78.6 Å². The van der Waals surface area contributed by atoms with Crippen LogP contribution < -0.4 is 10.6 Å². The van der Waals surface area contributed by atoms with Gasteiger partial charge in [0.25, 0.3) is 5.91 Å². The first-order valence-corrected chi connectivity index (χ1v) is 9.04. The minimum Gasteiger partial charge on any atom is -0.368 e. The number of nitrogens with one attached hydrogen (secondary N) is 2. The van der Waals surface area contributed by atoms with Crippen molar-refractivity contribution in [2.24, 2.45) is 0 Å². The average molecular weight is 372 g/mol. The van der Waals surface area contributed by atoms with Gasteiger partial charge in [-0.25, -0.2) is 15.0 Å². The number of hydrogen-bond acceptors (Lipinski definition) is 5. The van der Waals surface area contributed by atoms with E-state index in [0.29, 0.717) is 24.5 Å². The number of anilines is 1. The molecule has 7 nitrogen and oxygen atoms in total. The molecule has 4 aromatic rings. The van der Waals surface area contributed by atoms with Crippen molar-refractivity contribution >= 4 is 22.5 Å². The van der Waals surface area contributed by atoms with Crippen LogP contribution in [0.3, 0.4) is 0 Å². The van der Waals surface area contributed by atoms with E-state index in [4.69, 9.17) is 0 Å². The van der Waals surface area contributed by atoms with Crippen LogP contribution in [0.5, 0.6) is 0 Å². The molecule has 0 aliphatic carbocycles. The Morgan fingerprint density at radius 2 is 1.89 bits per heavy atom. The lowest BCUT2D eigenvalue weighted by Crippen LogP contribution is -2.29. The fourth-order valence-corrected chi connectivity index (χ4v) is 3.08. The van der Waals surface area contributed by atoms with Crippen molar-refractivity contribution in [3.8, 4) is 5.82 Å². The van der Waals surface area contributed by atoms with Crippen LogP contribution in [-0.4, -0.2) is 38.5 Å². The van der Waals surface area contributed by atoms with Crippen LogP contribution in [0.15, 0.2) is 67.3 Å².